The van der Waals surface area contributed by atoms with Crippen LogP contribution in [0, 0.1) is 0 Å². The Morgan fingerprint density at radius 2 is 1.79 bits per heavy atom. The summed E-state index contributed by atoms with van der Waals surface area (Å²) in [5.41, 5.74) is 1.45. The predicted octanol–water partition coefficient (Wildman–Crippen LogP) is 2.09. The van der Waals surface area contributed by atoms with Gasteiger partial charge in [0, 0.05) is 30.6 Å². The molecule has 1 heterocycles. The van der Waals surface area contributed by atoms with E-state index in [1.54, 1.807) is 48.3 Å². The summed E-state index contributed by atoms with van der Waals surface area (Å²) in [5, 5.41) is 10.1. The van der Waals surface area contributed by atoms with Crippen LogP contribution < -0.4 is 10.9 Å². The molecule has 1 aliphatic rings. The number of fused-ring (bicyclic) bond motifs is 1. The van der Waals surface area contributed by atoms with Crippen LogP contribution in [0.25, 0.3) is 10.8 Å². The van der Waals surface area contributed by atoms with Gasteiger partial charge in [-0.15, -0.1) is 0 Å². The van der Waals surface area contributed by atoms with Crippen molar-refractivity contribution in [2.45, 2.75) is 25.4 Å². The predicted molar refractivity (Wildman–Crippen MR) is 105 cm³/mol. The second-order valence-corrected chi connectivity index (χ2v) is 6.89. The molecule has 0 atom stereocenters. The molecule has 0 unspecified atom stereocenters. The van der Waals surface area contributed by atoms with Gasteiger partial charge in [0.25, 0.3) is 17.4 Å². The number of hydrogen-bond donors (Lipinski definition) is 2. The van der Waals surface area contributed by atoms with Crippen molar-refractivity contribution in [3.63, 3.8) is 0 Å². The molecule has 2 aromatic carbocycles. The van der Waals surface area contributed by atoms with E-state index in [-0.39, 0.29) is 29.1 Å². The SMILES string of the molecule is CNC(=O)c1ccc(CN(C(=O)c2n[nH]c(=O)c3ccccc23)C2CC2)cc1. The van der Waals surface area contributed by atoms with E-state index in [1.165, 1.54) is 0 Å². The number of nitrogens with one attached hydrogen (secondary N) is 2. The number of carbonyl (C=O) groups is 2. The second-order valence-electron chi connectivity index (χ2n) is 6.89. The Balaban J connectivity index is 1.64. The highest BCUT2D eigenvalue weighted by Gasteiger charge is 2.34. The van der Waals surface area contributed by atoms with Crippen LogP contribution in [0.2, 0.25) is 0 Å². The van der Waals surface area contributed by atoms with Crippen LogP contribution in [-0.4, -0.2) is 40.0 Å². The number of amides is 2. The van der Waals surface area contributed by atoms with Crippen molar-refractivity contribution in [1.29, 1.82) is 0 Å². The van der Waals surface area contributed by atoms with Gasteiger partial charge in [0.1, 0.15) is 0 Å². The molecular weight excluding hydrogens is 356 g/mol. The van der Waals surface area contributed by atoms with Crippen molar-refractivity contribution >= 4 is 22.6 Å². The normalized spacial score (nSPS) is 13.3. The highest BCUT2D eigenvalue weighted by molar-refractivity contribution is 6.05. The topological polar surface area (TPSA) is 95.2 Å². The van der Waals surface area contributed by atoms with Gasteiger partial charge in [-0.05, 0) is 36.6 Å². The van der Waals surface area contributed by atoms with Crippen molar-refractivity contribution < 1.29 is 9.59 Å². The van der Waals surface area contributed by atoms with E-state index >= 15 is 0 Å². The minimum atomic E-state index is -0.310. The third-order valence-electron chi connectivity index (χ3n) is 4.94. The fourth-order valence-corrected chi connectivity index (χ4v) is 3.27. The number of nitrogens with zero attached hydrogens (tertiary/aromatic N) is 2. The smallest absolute Gasteiger partial charge is 0.275 e. The molecular formula is C21H20N4O3. The number of rotatable bonds is 5. The molecule has 1 aliphatic carbocycles. The lowest BCUT2D eigenvalue weighted by molar-refractivity contribution is 0.0724. The molecule has 4 rings (SSSR count). The molecule has 7 nitrogen and oxygen atoms in total. The van der Waals surface area contributed by atoms with Crippen LogP contribution in [0.4, 0.5) is 0 Å². The van der Waals surface area contributed by atoms with E-state index in [0.29, 0.717) is 22.9 Å². The van der Waals surface area contributed by atoms with E-state index in [2.05, 4.69) is 15.5 Å². The quantitative estimate of drug-likeness (QED) is 0.713. The average molecular weight is 376 g/mol. The van der Waals surface area contributed by atoms with Crippen LogP contribution in [-0.2, 0) is 6.54 Å². The molecule has 0 bridgehead atoms. The Bertz CT molecular complexity index is 1100. The van der Waals surface area contributed by atoms with E-state index in [1.807, 2.05) is 12.1 Å². The number of hydrogen-bond acceptors (Lipinski definition) is 4. The van der Waals surface area contributed by atoms with E-state index in [9.17, 15) is 14.4 Å². The Kier molecular flexibility index (Phi) is 4.65. The highest BCUT2D eigenvalue weighted by Crippen LogP contribution is 2.30. The summed E-state index contributed by atoms with van der Waals surface area (Å²) >= 11 is 0. The lowest BCUT2D eigenvalue weighted by Crippen LogP contribution is -2.34. The fraction of sp³-hybridized carbons (Fsp3) is 0.238. The molecule has 3 aromatic rings. The van der Waals surface area contributed by atoms with Gasteiger partial charge in [-0.3, -0.25) is 14.4 Å². The van der Waals surface area contributed by atoms with Crippen molar-refractivity contribution in [2.75, 3.05) is 7.05 Å². The number of carbonyl (C=O) groups excluding carboxylic acids is 2. The molecule has 0 radical (unpaired) electrons. The van der Waals surface area contributed by atoms with E-state index < -0.39 is 0 Å². The molecule has 2 amide bonds. The van der Waals surface area contributed by atoms with Gasteiger partial charge < -0.3 is 10.2 Å². The van der Waals surface area contributed by atoms with Crippen molar-refractivity contribution in [1.82, 2.24) is 20.4 Å². The first kappa shape index (κ1) is 17.9. The zero-order chi connectivity index (χ0) is 19.7. The standard InChI is InChI=1S/C21H20N4O3/c1-22-19(26)14-8-6-13(7-9-14)12-25(15-10-11-15)21(28)18-16-4-2-3-5-17(16)20(27)24-23-18/h2-9,15H,10-12H2,1H3,(H,22,26)(H,24,27). The first-order valence-corrected chi connectivity index (χ1v) is 9.18. The highest BCUT2D eigenvalue weighted by atomic mass is 16.2. The maximum absolute atomic E-state index is 13.3. The Morgan fingerprint density at radius 1 is 1.11 bits per heavy atom. The van der Waals surface area contributed by atoms with Crippen LogP contribution in [0.15, 0.2) is 53.3 Å². The van der Waals surface area contributed by atoms with Gasteiger partial charge >= 0.3 is 0 Å². The Labute approximate surface area is 161 Å². The number of H-pyrrole nitrogens is 1. The molecule has 0 spiro atoms. The van der Waals surface area contributed by atoms with Crippen molar-refractivity contribution in [2.24, 2.45) is 0 Å². The molecule has 0 aliphatic heterocycles. The van der Waals surface area contributed by atoms with Crippen molar-refractivity contribution in [3.05, 3.63) is 75.7 Å². The third-order valence-corrected chi connectivity index (χ3v) is 4.94. The third kappa shape index (κ3) is 3.38. The second kappa shape index (κ2) is 7.26. The first-order valence-electron chi connectivity index (χ1n) is 9.18. The Morgan fingerprint density at radius 3 is 2.43 bits per heavy atom. The molecule has 28 heavy (non-hydrogen) atoms. The molecule has 142 valence electrons. The lowest BCUT2D eigenvalue weighted by atomic mass is 10.1. The van der Waals surface area contributed by atoms with Crippen LogP contribution >= 0.6 is 0 Å². The van der Waals surface area contributed by atoms with E-state index in [4.69, 9.17) is 0 Å². The molecule has 1 aromatic heterocycles. The maximum Gasteiger partial charge on any atom is 0.275 e. The molecule has 7 heteroatoms. The average Bonchev–Trinajstić information content (AvgIpc) is 3.57. The first-order chi connectivity index (χ1) is 13.6. The van der Waals surface area contributed by atoms with Gasteiger partial charge in [0.15, 0.2) is 5.69 Å². The van der Waals surface area contributed by atoms with Gasteiger partial charge in [-0.1, -0.05) is 30.3 Å². The summed E-state index contributed by atoms with van der Waals surface area (Å²) in [7, 11) is 1.59. The molecule has 0 saturated heterocycles. The minimum Gasteiger partial charge on any atom is -0.355 e. The number of aromatic amines is 1. The Hall–Kier alpha value is -3.48. The number of aromatic nitrogens is 2. The number of benzene rings is 2. The summed E-state index contributed by atoms with van der Waals surface area (Å²) < 4.78 is 0. The molecule has 1 saturated carbocycles. The zero-order valence-electron chi connectivity index (χ0n) is 15.4. The van der Waals surface area contributed by atoms with E-state index in [0.717, 1.165) is 18.4 Å². The maximum atomic E-state index is 13.3. The van der Waals surface area contributed by atoms with Gasteiger partial charge in [-0.2, -0.15) is 5.10 Å². The van der Waals surface area contributed by atoms with Crippen LogP contribution in [0.3, 0.4) is 0 Å². The van der Waals surface area contributed by atoms with Gasteiger partial charge in [0.05, 0.1) is 5.39 Å². The summed E-state index contributed by atoms with van der Waals surface area (Å²) in [6.45, 7) is 0.423. The summed E-state index contributed by atoms with van der Waals surface area (Å²) in [6, 6.07) is 14.3. The summed E-state index contributed by atoms with van der Waals surface area (Å²) in [6.07, 6.45) is 1.90. The van der Waals surface area contributed by atoms with Gasteiger partial charge in [0.2, 0.25) is 0 Å². The largest absolute Gasteiger partial charge is 0.355 e. The fourth-order valence-electron chi connectivity index (χ4n) is 3.27. The summed E-state index contributed by atoms with van der Waals surface area (Å²) in [5.74, 6) is -0.351. The molecule has 1 fully saturated rings. The van der Waals surface area contributed by atoms with Gasteiger partial charge in [-0.25, -0.2) is 5.10 Å². The molecule has 2 N–H and O–H groups in total. The summed E-state index contributed by atoms with van der Waals surface area (Å²) in [4.78, 5) is 38.7. The monoisotopic (exact) mass is 376 g/mol. The van der Waals surface area contributed by atoms with Crippen LogP contribution in [0.1, 0.15) is 39.3 Å². The van der Waals surface area contributed by atoms with Crippen LogP contribution in [0.5, 0.6) is 0 Å². The van der Waals surface area contributed by atoms with Crippen molar-refractivity contribution in [3.8, 4) is 0 Å². The zero-order valence-corrected chi connectivity index (χ0v) is 15.4. The lowest BCUT2D eigenvalue weighted by Gasteiger charge is -2.22. The minimum absolute atomic E-state index is 0.148.